The fourth-order valence-corrected chi connectivity index (χ4v) is 4.26. The largest absolute Gasteiger partial charge is 4.00 e. The van der Waals surface area contributed by atoms with E-state index in [1.54, 1.807) is 0 Å². The Labute approximate surface area is 232 Å². The smallest absolute Gasteiger partial charge is 1.00 e. The molecule has 0 fully saturated rings. The minimum absolute atomic E-state index is 0. The van der Waals surface area contributed by atoms with E-state index in [4.69, 9.17) is 0 Å². The fraction of sp³-hybridized carbons (Fsp3) is 0.0667. The van der Waals surface area contributed by atoms with E-state index in [9.17, 15) is 0 Å². The van der Waals surface area contributed by atoms with Crippen molar-refractivity contribution in [1.82, 2.24) is 4.57 Å². The molecule has 0 saturated heterocycles. The SMILES string of the molecule is Cc1cc2ccccc2n1-c1cc2ccccc2[cH-]1.[Cl-].[Cl-].[Hf+4].c1ccc(C[c-]2cccc2)cc1. The molecule has 0 aliphatic heterocycles. The minimum Gasteiger partial charge on any atom is -1.00 e. The molecule has 6 rings (SSSR count). The minimum atomic E-state index is 0. The number of hydrogen-bond donors (Lipinski definition) is 0. The number of hydrogen-bond acceptors (Lipinski definition) is 0. The molecule has 0 radical (unpaired) electrons. The van der Waals surface area contributed by atoms with Gasteiger partial charge in [0.15, 0.2) is 0 Å². The molecule has 1 nitrogen and oxygen atoms in total. The molecule has 0 bridgehead atoms. The number of nitrogens with zero attached hydrogens (tertiary/aromatic N) is 1. The van der Waals surface area contributed by atoms with Crippen LogP contribution in [0.4, 0.5) is 0 Å². The Hall–Kier alpha value is -2.39. The van der Waals surface area contributed by atoms with Crippen LogP contribution in [0.3, 0.4) is 0 Å². The first-order valence-electron chi connectivity index (χ1n) is 10.8. The second-order valence-electron chi connectivity index (χ2n) is 7.98. The normalized spacial score (nSPS) is 9.91. The van der Waals surface area contributed by atoms with Crippen LogP contribution in [0.15, 0.2) is 121 Å². The third-order valence-electron chi connectivity index (χ3n) is 5.74. The summed E-state index contributed by atoms with van der Waals surface area (Å²) in [6.07, 6.45) is 1.05. The Kier molecular flexibility index (Phi) is 10.6. The zero-order chi connectivity index (χ0) is 21.0. The molecule has 34 heavy (non-hydrogen) atoms. The molecule has 1 heterocycles. The van der Waals surface area contributed by atoms with E-state index >= 15 is 0 Å². The first-order chi connectivity index (χ1) is 15.3. The average molecular weight is 649 g/mol. The summed E-state index contributed by atoms with van der Waals surface area (Å²) in [4.78, 5) is 0. The van der Waals surface area contributed by atoms with Gasteiger partial charge in [-0.05, 0) is 31.2 Å². The number of rotatable bonds is 3. The van der Waals surface area contributed by atoms with E-state index < -0.39 is 0 Å². The topological polar surface area (TPSA) is 4.93 Å². The van der Waals surface area contributed by atoms with Crippen LogP contribution in [-0.2, 0) is 32.3 Å². The summed E-state index contributed by atoms with van der Waals surface area (Å²) in [6, 6.07) is 42.8. The van der Waals surface area contributed by atoms with Crippen LogP contribution in [0.1, 0.15) is 16.8 Å². The Morgan fingerprint density at radius 1 is 0.706 bits per heavy atom. The van der Waals surface area contributed by atoms with Crippen LogP contribution in [0, 0.1) is 6.92 Å². The summed E-state index contributed by atoms with van der Waals surface area (Å²) in [5.74, 6) is 0. The van der Waals surface area contributed by atoms with Gasteiger partial charge in [0.1, 0.15) is 0 Å². The van der Waals surface area contributed by atoms with Crippen LogP contribution < -0.4 is 24.8 Å². The van der Waals surface area contributed by atoms with Crippen molar-refractivity contribution in [2.45, 2.75) is 13.3 Å². The van der Waals surface area contributed by atoms with E-state index in [1.807, 2.05) is 0 Å². The van der Waals surface area contributed by atoms with Crippen LogP contribution in [0.5, 0.6) is 0 Å². The summed E-state index contributed by atoms with van der Waals surface area (Å²) < 4.78 is 2.33. The second-order valence-corrected chi connectivity index (χ2v) is 7.98. The molecular formula is C30H25Cl2HfN. The first kappa shape index (κ1) is 27.9. The molecule has 0 N–H and O–H groups in total. The van der Waals surface area contributed by atoms with Crippen molar-refractivity contribution in [3.63, 3.8) is 0 Å². The maximum absolute atomic E-state index is 2.33. The molecule has 0 aliphatic carbocycles. The van der Waals surface area contributed by atoms with Crippen molar-refractivity contribution in [1.29, 1.82) is 0 Å². The molecule has 0 saturated carbocycles. The zero-order valence-electron chi connectivity index (χ0n) is 19.0. The fourth-order valence-electron chi connectivity index (χ4n) is 4.26. The van der Waals surface area contributed by atoms with Gasteiger partial charge in [-0.3, -0.25) is 0 Å². The molecule has 0 unspecified atom stereocenters. The predicted molar refractivity (Wildman–Crippen MR) is 132 cm³/mol. The van der Waals surface area contributed by atoms with Crippen molar-refractivity contribution in [3.8, 4) is 5.69 Å². The van der Waals surface area contributed by atoms with E-state index in [1.165, 1.54) is 44.2 Å². The molecular weight excluding hydrogens is 624 g/mol. The quantitative estimate of drug-likeness (QED) is 0.204. The average Bonchev–Trinajstić information content (AvgIpc) is 3.52. The molecule has 168 valence electrons. The van der Waals surface area contributed by atoms with Crippen LogP contribution in [-0.4, -0.2) is 4.57 Å². The van der Waals surface area contributed by atoms with Crippen LogP contribution in [0.25, 0.3) is 27.4 Å². The van der Waals surface area contributed by atoms with E-state index in [0.29, 0.717) is 0 Å². The number of para-hydroxylation sites is 1. The summed E-state index contributed by atoms with van der Waals surface area (Å²) in [5.41, 5.74) is 6.57. The van der Waals surface area contributed by atoms with Crippen molar-refractivity contribution < 1.29 is 50.7 Å². The van der Waals surface area contributed by atoms with Gasteiger partial charge in [-0.25, -0.2) is 12.1 Å². The van der Waals surface area contributed by atoms with Gasteiger partial charge in [0.2, 0.25) is 0 Å². The molecule has 0 amide bonds. The first-order valence-corrected chi connectivity index (χ1v) is 10.8. The standard InChI is InChI=1S/C18H14N.C12H11.2ClH.Hf/c1-13-10-16-8-4-5-9-18(16)19(13)17-11-14-6-2-3-7-15(14)12-17;1-2-6-11(7-3-1)10-12-8-4-5-9-12;;;/h2-12H,1H3;1-9H,10H2;2*1H;/q2*-1;;;+4/p-2. The summed E-state index contributed by atoms with van der Waals surface area (Å²) >= 11 is 0. The number of benzene rings is 3. The van der Waals surface area contributed by atoms with E-state index in [-0.39, 0.29) is 50.7 Å². The van der Waals surface area contributed by atoms with Gasteiger partial charge in [0.05, 0.1) is 5.52 Å². The van der Waals surface area contributed by atoms with E-state index in [2.05, 4.69) is 133 Å². The molecule has 0 aliphatic rings. The molecule has 4 heteroatoms. The Bertz CT molecular complexity index is 1380. The van der Waals surface area contributed by atoms with Crippen LogP contribution >= 0.6 is 0 Å². The number of aryl methyl sites for hydroxylation is 1. The van der Waals surface area contributed by atoms with Gasteiger partial charge in [0, 0.05) is 11.1 Å². The maximum atomic E-state index is 2.33. The molecule has 1 aromatic heterocycles. The van der Waals surface area contributed by atoms with Gasteiger partial charge in [-0.15, -0.1) is 41.1 Å². The predicted octanol–water partition coefficient (Wildman–Crippen LogP) is 1.81. The van der Waals surface area contributed by atoms with Gasteiger partial charge in [0.25, 0.3) is 0 Å². The Morgan fingerprint density at radius 2 is 1.32 bits per heavy atom. The number of fused-ring (bicyclic) bond motifs is 2. The zero-order valence-corrected chi connectivity index (χ0v) is 24.1. The van der Waals surface area contributed by atoms with Crippen LogP contribution in [0.2, 0.25) is 0 Å². The van der Waals surface area contributed by atoms with Gasteiger partial charge in [-0.2, -0.15) is 17.7 Å². The third-order valence-corrected chi connectivity index (χ3v) is 5.74. The number of aromatic nitrogens is 1. The Balaban J connectivity index is 0.000000240. The van der Waals surface area contributed by atoms with Gasteiger partial charge >= 0.3 is 25.8 Å². The second kappa shape index (κ2) is 12.9. The van der Waals surface area contributed by atoms with Gasteiger partial charge < -0.3 is 29.4 Å². The summed E-state index contributed by atoms with van der Waals surface area (Å²) in [7, 11) is 0. The van der Waals surface area contributed by atoms with Crippen molar-refractivity contribution in [2.75, 3.05) is 0 Å². The monoisotopic (exact) mass is 649 g/mol. The van der Waals surface area contributed by atoms with E-state index in [0.717, 1.165) is 6.42 Å². The molecule has 0 spiro atoms. The van der Waals surface area contributed by atoms with Crippen molar-refractivity contribution >= 4 is 21.7 Å². The maximum Gasteiger partial charge on any atom is 4.00 e. The van der Waals surface area contributed by atoms with Crippen molar-refractivity contribution in [3.05, 3.63) is 138 Å². The molecule has 6 aromatic rings. The Morgan fingerprint density at radius 3 is 2.03 bits per heavy atom. The van der Waals surface area contributed by atoms with Gasteiger partial charge in [-0.1, -0.05) is 60.2 Å². The molecule has 5 aromatic carbocycles. The van der Waals surface area contributed by atoms with Crippen molar-refractivity contribution in [2.24, 2.45) is 0 Å². The molecule has 0 atom stereocenters. The summed E-state index contributed by atoms with van der Waals surface area (Å²) in [6.45, 7) is 2.16. The number of halogens is 2. The third kappa shape index (κ3) is 6.18. The summed E-state index contributed by atoms with van der Waals surface area (Å²) in [5, 5.41) is 3.90.